The molecule has 152 valence electrons. The molecular formula is C19H17ClF3N5O. The molecule has 10 heteroatoms. The number of halogens is 4. The summed E-state index contributed by atoms with van der Waals surface area (Å²) in [7, 11) is 0. The number of carbonyl (C=O) groups is 1. The van der Waals surface area contributed by atoms with E-state index in [4.69, 9.17) is 16.9 Å². The van der Waals surface area contributed by atoms with Crippen LogP contribution in [0.1, 0.15) is 11.1 Å². The van der Waals surface area contributed by atoms with E-state index in [0.29, 0.717) is 37.6 Å². The van der Waals surface area contributed by atoms with E-state index in [1.807, 2.05) is 9.80 Å². The number of rotatable bonds is 4. The Labute approximate surface area is 170 Å². The van der Waals surface area contributed by atoms with Gasteiger partial charge in [0, 0.05) is 38.1 Å². The number of nitrogens with one attached hydrogen (secondary N) is 1. The van der Waals surface area contributed by atoms with Crippen molar-refractivity contribution in [1.82, 2.24) is 9.88 Å². The lowest BCUT2D eigenvalue weighted by Crippen LogP contribution is -2.48. The molecule has 1 amide bonds. The Balaban J connectivity index is 1.54. The van der Waals surface area contributed by atoms with E-state index in [-0.39, 0.29) is 12.2 Å². The number of alkyl halides is 3. The maximum atomic E-state index is 12.9. The highest BCUT2D eigenvalue weighted by Crippen LogP contribution is 2.36. The minimum absolute atomic E-state index is 0.0443. The molecule has 0 spiro atoms. The molecule has 1 fully saturated rings. The first-order chi connectivity index (χ1) is 13.8. The summed E-state index contributed by atoms with van der Waals surface area (Å²) < 4.78 is 38.8. The number of aromatic nitrogens is 1. The van der Waals surface area contributed by atoms with Gasteiger partial charge in [0.05, 0.1) is 28.8 Å². The molecule has 6 nitrogen and oxygen atoms in total. The Bertz CT molecular complexity index is 936. The summed E-state index contributed by atoms with van der Waals surface area (Å²) in [4.78, 5) is 20.4. The molecule has 0 unspecified atom stereocenters. The number of nitrogens with zero attached hydrogens (tertiary/aromatic N) is 4. The van der Waals surface area contributed by atoms with Crippen LogP contribution in [-0.2, 0) is 11.0 Å². The molecule has 29 heavy (non-hydrogen) atoms. The molecule has 0 aliphatic carbocycles. The molecule has 1 aromatic carbocycles. The second-order valence-corrected chi connectivity index (χ2v) is 6.93. The van der Waals surface area contributed by atoms with E-state index in [1.54, 1.807) is 18.3 Å². The molecule has 1 aliphatic heterocycles. The Morgan fingerprint density at radius 1 is 1.21 bits per heavy atom. The molecule has 3 rings (SSSR count). The molecule has 2 aromatic rings. The van der Waals surface area contributed by atoms with Crippen LogP contribution in [0, 0.1) is 11.3 Å². The van der Waals surface area contributed by atoms with Crippen molar-refractivity contribution < 1.29 is 18.0 Å². The topological polar surface area (TPSA) is 72.3 Å². The van der Waals surface area contributed by atoms with Gasteiger partial charge in [0.15, 0.2) is 0 Å². The van der Waals surface area contributed by atoms with E-state index >= 15 is 0 Å². The number of benzene rings is 1. The summed E-state index contributed by atoms with van der Waals surface area (Å²) in [6, 6.07) is 8.68. The number of pyridine rings is 1. The van der Waals surface area contributed by atoms with Gasteiger partial charge >= 0.3 is 6.18 Å². The highest BCUT2D eigenvalue weighted by atomic mass is 35.5. The van der Waals surface area contributed by atoms with Crippen molar-refractivity contribution in [3.8, 4) is 6.07 Å². The summed E-state index contributed by atoms with van der Waals surface area (Å²) in [5, 5.41) is 11.1. The number of hydrogen-bond acceptors (Lipinski definition) is 5. The zero-order valence-corrected chi connectivity index (χ0v) is 16.0. The first-order valence-electron chi connectivity index (χ1n) is 8.76. The quantitative estimate of drug-likeness (QED) is 0.816. The Morgan fingerprint density at radius 2 is 1.93 bits per heavy atom. The molecule has 0 atom stereocenters. The second kappa shape index (κ2) is 8.68. The van der Waals surface area contributed by atoms with Gasteiger partial charge in [-0.1, -0.05) is 11.6 Å². The maximum Gasteiger partial charge on any atom is 0.417 e. The second-order valence-electron chi connectivity index (χ2n) is 6.52. The smallest absolute Gasteiger partial charge is 0.354 e. The van der Waals surface area contributed by atoms with Gasteiger partial charge in [0.2, 0.25) is 5.91 Å². The van der Waals surface area contributed by atoms with Gasteiger partial charge in [0.25, 0.3) is 0 Å². The lowest BCUT2D eigenvalue weighted by atomic mass is 10.2. The molecule has 1 N–H and O–H groups in total. The van der Waals surface area contributed by atoms with Gasteiger partial charge in [-0.05, 0) is 30.3 Å². The van der Waals surface area contributed by atoms with Gasteiger partial charge in [-0.3, -0.25) is 9.69 Å². The predicted molar refractivity (Wildman–Crippen MR) is 103 cm³/mol. The van der Waals surface area contributed by atoms with Crippen molar-refractivity contribution in [2.45, 2.75) is 6.18 Å². The summed E-state index contributed by atoms with van der Waals surface area (Å²) >= 11 is 5.59. The monoisotopic (exact) mass is 423 g/mol. The third-order valence-corrected chi connectivity index (χ3v) is 4.82. The molecule has 0 saturated carbocycles. The van der Waals surface area contributed by atoms with Crippen LogP contribution in [0.25, 0.3) is 0 Å². The van der Waals surface area contributed by atoms with Crippen molar-refractivity contribution >= 4 is 29.0 Å². The molecule has 0 radical (unpaired) electrons. The van der Waals surface area contributed by atoms with Crippen molar-refractivity contribution in [1.29, 1.82) is 5.26 Å². The van der Waals surface area contributed by atoms with Crippen LogP contribution >= 0.6 is 11.6 Å². The fraction of sp³-hybridized carbons (Fsp3) is 0.316. The molecular weight excluding hydrogens is 407 g/mol. The number of carbonyl (C=O) groups excluding carboxylic acids is 1. The minimum Gasteiger partial charge on any atom is -0.354 e. The van der Waals surface area contributed by atoms with Crippen LogP contribution in [0.2, 0.25) is 5.02 Å². The van der Waals surface area contributed by atoms with Crippen molar-refractivity contribution in [2.75, 3.05) is 42.9 Å². The van der Waals surface area contributed by atoms with Crippen molar-refractivity contribution in [2.24, 2.45) is 0 Å². The van der Waals surface area contributed by atoms with Gasteiger partial charge in [-0.25, -0.2) is 4.98 Å². The predicted octanol–water partition coefficient (Wildman–Crippen LogP) is 3.39. The first-order valence-corrected chi connectivity index (χ1v) is 9.14. The van der Waals surface area contributed by atoms with E-state index in [9.17, 15) is 18.0 Å². The van der Waals surface area contributed by atoms with Crippen molar-refractivity contribution in [3.05, 3.63) is 52.7 Å². The maximum absolute atomic E-state index is 12.9. The number of amides is 1. The van der Waals surface area contributed by atoms with Crippen LogP contribution in [-0.4, -0.2) is 48.5 Å². The third-order valence-electron chi connectivity index (χ3n) is 4.49. The Hall–Kier alpha value is -2.83. The fourth-order valence-electron chi connectivity index (χ4n) is 3.02. The summed E-state index contributed by atoms with van der Waals surface area (Å²) in [5.41, 5.74) is -0.418. The van der Waals surface area contributed by atoms with Gasteiger partial charge in [-0.15, -0.1) is 0 Å². The SMILES string of the molecule is N#Cc1ccnc(N2CCN(CC(=O)Nc3ccc(Cl)c(C(F)(F)F)c3)CC2)c1. The standard InChI is InChI=1S/C19H17ClF3N5O/c20-16-2-1-14(10-15(16)19(21,22)23)26-18(29)12-27-5-7-28(8-6-27)17-9-13(11-24)3-4-25-17/h1-4,9-10H,5-8,12H2,(H,26,29). The van der Waals surface area contributed by atoms with Gasteiger partial charge in [0.1, 0.15) is 5.82 Å². The number of hydrogen-bond donors (Lipinski definition) is 1. The normalized spacial score (nSPS) is 15.1. The van der Waals surface area contributed by atoms with Crippen LogP contribution in [0.3, 0.4) is 0 Å². The average Bonchev–Trinajstić information content (AvgIpc) is 2.69. The minimum atomic E-state index is -4.59. The molecule has 1 aliphatic rings. The molecule has 1 aromatic heterocycles. The Kier molecular flexibility index (Phi) is 6.25. The summed E-state index contributed by atoms with van der Waals surface area (Å²) in [6.07, 6.45) is -3.01. The summed E-state index contributed by atoms with van der Waals surface area (Å²) in [5.74, 6) is 0.299. The highest BCUT2D eigenvalue weighted by molar-refractivity contribution is 6.31. The molecule has 0 bridgehead atoms. The number of piperazine rings is 1. The largest absolute Gasteiger partial charge is 0.417 e. The van der Waals surface area contributed by atoms with E-state index in [2.05, 4.69) is 16.4 Å². The third kappa shape index (κ3) is 5.37. The molecule has 2 heterocycles. The van der Waals surface area contributed by atoms with Crippen LogP contribution in [0.5, 0.6) is 0 Å². The highest BCUT2D eigenvalue weighted by Gasteiger charge is 2.33. The van der Waals surface area contributed by atoms with Gasteiger partial charge in [-0.2, -0.15) is 18.4 Å². The first kappa shape index (κ1) is 20.9. The van der Waals surface area contributed by atoms with E-state index < -0.39 is 22.7 Å². The lowest BCUT2D eigenvalue weighted by Gasteiger charge is -2.35. The average molecular weight is 424 g/mol. The zero-order chi connectivity index (χ0) is 21.0. The van der Waals surface area contributed by atoms with Crippen LogP contribution in [0.4, 0.5) is 24.7 Å². The number of nitriles is 1. The van der Waals surface area contributed by atoms with E-state index in [0.717, 1.165) is 12.1 Å². The fourth-order valence-corrected chi connectivity index (χ4v) is 3.24. The summed E-state index contributed by atoms with van der Waals surface area (Å²) in [6.45, 7) is 2.47. The van der Waals surface area contributed by atoms with Gasteiger partial charge < -0.3 is 10.2 Å². The lowest BCUT2D eigenvalue weighted by molar-refractivity contribution is -0.137. The number of anilines is 2. The molecule has 1 saturated heterocycles. The van der Waals surface area contributed by atoms with E-state index in [1.165, 1.54) is 6.07 Å². The van der Waals surface area contributed by atoms with Crippen molar-refractivity contribution in [3.63, 3.8) is 0 Å². The van der Waals surface area contributed by atoms with Crippen LogP contribution < -0.4 is 10.2 Å². The Morgan fingerprint density at radius 3 is 2.59 bits per heavy atom. The van der Waals surface area contributed by atoms with Crippen LogP contribution in [0.15, 0.2) is 36.5 Å². The zero-order valence-electron chi connectivity index (χ0n) is 15.2.